The van der Waals surface area contributed by atoms with Gasteiger partial charge >= 0.3 is 0 Å². The van der Waals surface area contributed by atoms with E-state index in [2.05, 4.69) is 10.4 Å². The second-order valence-corrected chi connectivity index (χ2v) is 6.20. The van der Waals surface area contributed by atoms with Gasteiger partial charge < -0.3 is 5.32 Å². The lowest BCUT2D eigenvalue weighted by atomic mass is 9.95. The van der Waals surface area contributed by atoms with E-state index in [1.54, 1.807) is 6.07 Å². The average molecular weight is 275 g/mol. The van der Waals surface area contributed by atoms with Gasteiger partial charge in [0.1, 0.15) is 0 Å². The number of carbonyl (C=O) groups excluding carboxylic acids is 1. The largest absolute Gasteiger partial charge is 0.351 e. The van der Waals surface area contributed by atoms with Gasteiger partial charge in [-0.15, -0.1) is 0 Å². The Hall–Kier alpha value is -2.04. The van der Waals surface area contributed by atoms with Crippen molar-refractivity contribution >= 4 is 11.4 Å². The molecule has 2 aromatic heterocycles. The Morgan fingerprint density at radius 2 is 1.95 bits per heavy atom. The van der Waals surface area contributed by atoms with Gasteiger partial charge in [0.25, 0.3) is 0 Å². The maximum atomic E-state index is 12.1. The van der Waals surface area contributed by atoms with Crippen molar-refractivity contribution in [3.05, 3.63) is 39.3 Å². The highest BCUT2D eigenvalue weighted by Gasteiger charge is 2.21. The summed E-state index contributed by atoms with van der Waals surface area (Å²) in [6.07, 6.45) is 0. The van der Waals surface area contributed by atoms with Crippen molar-refractivity contribution < 1.29 is 4.79 Å². The molecule has 0 aliphatic heterocycles. The number of pyridine rings is 1. The Morgan fingerprint density at radius 3 is 2.55 bits per heavy atom. The molecule has 5 heteroatoms. The lowest BCUT2D eigenvalue weighted by Crippen LogP contribution is -2.36. The van der Waals surface area contributed by atoms with E-state index >= 15 is 0 Å². The summed E-state index contributed by atoms with van der Waals surface area (Å²) in [4.78, 5) is 24.0. The lowest BCUT2D eigenvalue weighted by molar-refractivity contribution is -0.128. The maximum Gasteiger partial charge on any atom is 0.225 e. The molecule has 20 heavy (non-hydrogen) atoms. The fraction of sp³-hybridized carbons (Fsp3) is 0.467. The number of hydrogen-bond donors (Lipinski definition) is 2. The summed E-state index contributed by atoms with van der Waals surface area (Å²) in [7, 11) is 0. The van der Waals surface area contributed by atoms with Gasteiger partial charge in [-0.2, -0.15) is 0 Å². The molecule has 0 aromatic carbocycles. The topological polar surface area (TPSA) is 66.4 Å². The van der Waals surface area contributed by atoms with Crippen LogP contribution in [0.4, 0.5) is 0 Å². The van der Waals surface area contributed by atoms with Gasteiger partial charge in [-0.3, -0.25) is 19.2 Å². The molecule has 0 unspecified atom stereocenters. The van der Waals surface area contributed by atoms with Crippen molar-refractivity contribution in [1.29, 1.82) is 0 Å². The zero-order valence-corrected chi connectivity index (χ0v) is 12.6. The third-order valence-electron chi connectivity index (χ3n) is 3.37. The number of aromatic nitrogens is 2. The van der Waals surface area contributed by atoms with Crippen LogP contribution in [0.25, 0.3) is 5.52 Å². The Balaban J connectivity index is 2.35. The van der Waals surface area contributed by atoms with Crippen LogP contribution in [0.2, 0.25) is 0 Å². The number of fused-ring (bicyclic) bond motifs is 1. The Bertz CT molecular complexity index is 717. The average Bonchev–Trinajstić information content (AvgIpc) is 2.68. The molecule has 2 heterocycles. The molecule has 1 amide bonds. The van der Waals surface area contributed by atoms with Crippen LogP contribution in [-0.2, 0) is 11.3 Å². The van der Waals surface area contributed by atoms with Gasteiger partial charge in [0.2, 0.25) is 5.91 Å². The monoisotopic (exact) mass is 275 g/mol. The van der Waals surface area contributed by atoms with Crippen molar-refractivity contribution in [3.63, 3.8) is 0 Å². The molecule has 0 saturated carbocycles. The molecule has 5 nitrogen and oxygen atoms in total. The van der Waals surface area contributed by atoms with E-state index in [1.165, 1.54) is 0 Å². The van der Waals surface area contributed by atoms with Crippen LogP contribution in [0.1, 0.15) is 37.7 Å². The molecule has 2 rings (SSSR count). The number of aromatic amines is 1. The fourth-order valence-corrected chi connectivity index (χ4v) is 2.13. The lowest BCUT2D eigenvalue weighted by Gasteiger charge is -2.18. The summed E-state index contributed by atoms with van der Waals surface area (Å²) in [5, 5.41) is 6.00. The molecule has 2 aromatic rings. The minimum atomic E-state index is -0.461. The van der Waals surface area contributed by atoms with Crippen LogP contribution in [-0.4, -0.2) is 15.5 Å². The number of H-pyrrole nitrogens is 1. The molecule has 0 spiro atoms. The van der Waals surface area contributed by atoms with Crippen molar-refractivity contribution in [1.82, 2.24) is 14.9 Å². The second-order valence-electron chi connectivity index (χ2n) is 6.20. The minimum Gasteiger partial charge on any atom is -0.351 e. The molecule has 0 radical (unpaired) electrons. The van der Waals surface area contributed by atoms with Crippen molar-refractivity contribution in [2.75, 3.05) is 0 Å². The van der Waals surface area contributed by atoms with E-state index < -0.39 is 5.41 Å². The molecule has 0 aliphatic carbocycles. The van der Waals surface area contributed by atoms with E-state index in [-0.39, 0.29) is 17.9 Å². The Morgan fingerprint density at radius 1 is 1.30 bits per heavy atom. The molecule has 108 valence electrons. The summed E-state index contributed by atoms with van der Waals surface area (Å²) < 4.78 is 1.87. The smallest absolute Gasteiger partial charge is 0.225 e. The van der Waals surface area contributed by atoms with Crippen LogP contribution in [0.15, 0.2) is 16.9 Å². The zero-order chi connectivity index (χ0) is 15.1. The van der Waals surface area contributed by atoms with E-state index in [1.807, 2.05) is 45.2 Å². The van der Waals surface area contributed by atoms with E-state index in [9.17, 15) is 9.59 Å². The molecule has 2 N–H and O–H groups in total. The third kappa shape index (κ3) is 2.61. The molecule has 0 saturated heterocycles. The van der Waals surface area contributed by atoms with Crippen LogP contribution >= 0.6 is 0 Å². The maximum absolute atomic E-state index is 12.1. The minimum absolute atomic E-state index is 0.0456. The molecular weight excluding hydrogens is 254 g/mol. The van der Waals surface area contributed by atoms with E-state index in [0.717, 1.165) is 16.9 Å². The Labute approximate surface area is 118 Å². The van der Waals surface area contributed by atoms with Crippen LogP contribution in [0, 0.1) is 19.3 Å². The molecule has 0 fully saturated rings. The number of hydrogen-bond acceptors (Lipinski definition) is 2. The number of rotatable bonds is 2. The third-order valence-corrected chi connectivity index (χ3v) is 3.37. The second kappa shape index (κ2) is 4.81. The van der Waals surface area contributed by atoms with Gasteiger partial charge in [0.05, 0.1) is 5.52 Å². The SMILES string of the molecule is Cc1cc2cc(=O)c(CNC(=O)C(C)(C)C)c(C)n2[nH]1. The summed E-state index contributed by atoms with van der Waals surface area (Å²) in [5.41, 5.74) is 2.77. The van der Waals surface area contributed by atoms with Gasteiger partial charge in [-0.1, -0.05) is 20.8 Å². The first-order chi connectivity index (χ1) is 9.20. The first-order valence-corrected chi connectivity index (χ1v) is 6.69. The molecule has 0 aliphatic rings. The van der Waals surface area contributed by atoms with Crippen molar-refractivity contribution in [2.24, 2.45) is 5.41 Å². The highest BCUT2D eigenvalue weighted by Crippen LogP contribution is 2.14. The first-order valence-electron chi connectivity index (χ1n) is 6.69. The standard InChI is InChI=1S/C15H21N3O2/c1-9-6-11-7-13(19)12(10(2)18(11)17-9)8-16-14(20)15(3,4)5/h6-7,17H,8H2,1-5H3,(H,16,20). The highest BCUT2D eigenvalue weighted by atomic mass is 16.2. The van der Waals surface area contributed by atoms with Crippen LogP contribution < -0.4 is 10.7 Å². The van der Waals surface area contributed by atoms with Gasteiger partial charge in [0.15, 0.2) is 5.43 Å². The van der Waals surface area contributed by atoms with Crippen molar-refractivity contribution in [2.45, 2.75) is 41.2 Å². The molecule has 0 atom stereocenters. The first kappa shape index (κ1) is 14.4. The zero-order valence-electron chi connectivity index (χ0n) is 12.6. The Kier molecular flexibility index (Phi) is 3.46. The summed E-state index contributed by atoms with van der Waals surface area (Å²) in [6.45, 7) is 9.61. The number of carbonyl (C=O) groups is 1. The van der Waals surface area contributed by atoms with Gasteiger partial charge in [-0.25, -0.2) is 0 Å². The number of amides is 1. The number of nitrogens with one attached hydrogen (secondary N) is 2. The van der Waals surface area contributed by atoms with E-state index in [0.29, 0.717) is 5.56 Å². The normalized spacial score (nSPS) is 11.8. The highest BCUT2D eigenvalue weighted by molar-refractivity contribution is 5.81. The quantitative estimate of drug-likeness (QED) is 0.879. The van der Waals surface area contributed by atoms with Crippen molar-refractivity contribution in [3.8, 4) is 0 Å². The summed E-state index contributed by atoms with van der Waals surface area (Å²) in [6, 6.07) is 3.51. The predicted molar refractivity (Wildman–Crippen MR) is 78.8 cm³/mol. The van der Waals surface area contributed by atoms with Crippen LogP contribution in [0.3, 0.4) is 0 Å². The van der Waals surface area contributed by atoms with E-state index in [4.69, 9.17) is 0 Å². The predicted octanol–water partition coefficient (Wildman–Crippen LogP) is 1.91. The molecule has 0 bridgehead atoms. The number of aryl methyl sites for hydroxylation is 2. The number of nitrogens with zero attached hydrogens (tertiary/aromatic N) is 1. The summed E-state index contributed by atoms with van der Waals surface area (Å²) >= 11 is 0. The fourth-order valence-electron chi connectivity index (χ4n) is 2.13. The van der Waals surface area contributed by atoms with Gasteiger partial charge in [0, 0.05) is 35.0 Å². The summed E-state index contributed by atoms with van der Waals surface area (Å²) in [5.74, 6) is -0.0657. The van der Waals surface area contributed by atoms with Crippen LogP contribution in [0.5, 0.6) is 0 Å². The van der Waals surface area contributed by atoms with Gasteiger partial charge in [-0.05, 0) is 19.9 Å². The molecular formula is C15H21N3O2.